The number of rotatable bonds is 4. The second-order valence-electron chi connectivity index (χ2n) is 7.48. The lowest BCUT2D eigenvalue weighted by Gasteiger charge is -2.31. The molecule has 3 heterocycles. The number of nitrogens with zero attached hydrogens (tertiary/aromatic N) is 3. The molecule has 0 spiro atoms. The Labute approximate surface area is 159 Å². The van der Waals surface area contributed by atoms with Crippen LogP contribution in [0.15, 0.2) is 16.9 Å². The van der Waals surface area contributed by atoms with E-state index in [1.54, 1.807) is 16.5 Å². The SMILES string of the molecule is Cc1cc(OC2CCN(C(=O)C3CCN(S(C)(=O)=O)CC3)C2)cc(=O)n1C. The zero-order chi connectivity index (χ0) is 19.8. The first-order valence-electron chi connectivity index (χ1n) is 9.23. The van der Waals surface area contributed by atoms with Gasteiger partial charge in [0.1, 0.15) is 11.9 Å². The molecule has 2 fully saturated rings. The Morgan fingerprint density at radius 2 is 1.81 bits per heavy atom. The predicted octanol–water partition coefficient (Wildman–Crippen LogP) is 0.345. The number of amides is 1. The van der Waals surface area contributed by atoms with Crippen molar-refractivity contribution in [2.24, 2.45) is 13.0 Å². The van der Waals surface area contributed by atoms with Gasteiger partial charge in [0.2, 0.25) is 15.9 Å². The predicted molar refractivity (Wildman–Crippen MR) is 101 cm³/mol. The van der Waals surface area contributed by atoms with Gasteiger partial charge in [-0.3, -0.25) is 9.59 Å². The van der Waals surface area contributed by atoms with Gasteiger partial charge in [0.05, 0.1) is 12.8 Å². The number of hydrogen-bond donors (Lipinski definition) is 0. The Kier molecular flexibility index (Phi) is 5.62. The van der Waals surface area contributed by atoms with Crippen molar-refractivity contribution < 1.29 is 17.9 Å². The average molecular weight is 397 g/mol. The minimum Gasteiger partial charge on any atom is -0.488 e. The molecule has 0 saturated carbocycles. The van der Waals surface area contributed by atoms with Crippen LogP contribution in [0.2, 0.25) is 0 Å². The van der Waals surface area contributed by atoms with Crippen LogP contribution in [0.1, 0.15) is 25.0 Å². The van der Waals surface area contributed by atoms with Crippen molar-refractivity contribution in [1.82, 2.24) is 13.8 Å². The van der Waals surface area contributed by atoms with Crippen molar-refractivity contribution in [3.63, 3.8) is 0 Å². The summed E-state index contributed by atoms with van der Waals surface area (Å²) in [5, 5.41) is 0. The summed E-state index contributed by atoms with van der Waals surface area (Å²) in [5.41, 5.74) is 0.703. The summed E-state index contributed by atoms with van der Waals surface area (Å²) < 4.78 is 32.1. The van der Waals surface area contributed by atoms with Gasteiger partial charge in [0.25, 0.3) is 5.56 Å². The molecule has 2 aliphatic rings. The third kappa shape index (κ3) is 4.52. The minimum atomic E-state index is -3.19. The lowest BCUT2D eigenvalue weighted by Crippen LogP contribution is -2.43. The first-order chi connectivity index (χ1) is 12.6. The molecule has 1 aromatic rings. The van der Waals surface area contributed by atoms with Gasteiger partial charge in [-0.2, -0.15) is 0 Å². The van der Waals surface area contributed by atoms with Crippen molar-refractivity contribution in [1.29, 1.82) is 0 Å². The van der Waals surface area contributed by atoms with Crippen LogP contribution < -0.4 is 10.3 Å². The van der Waals surface area contributed by atoms with E-state index in [2.05, 4.69) is 0 Å². The third-order valence-electron chi connectivity index (χ3n) is 5.51. The Bertz CT molecular complexity index is 871. The Balaban J connectivity index is 1.55. The molecule has 0 aliphatic carbocycles. The molecule has 0 radical (unpaired) electrons. The summed E-state index contributed by atoms with van der Waals surface area (Å²) in [5.74, 6) is 0.485. The lowest BCUT2D eigenvalue weighted by atomic mass is 9.97. The number of piperidine rings is 1. The quantitative estimate of drug-likeness (QED) is 0.731. The van der Waals surface area contributed by atoms with E-state index in [1.807, 2.05) is 13.0 Å². The standard InChI is InChI=1S/C18H27N3O5S/c1-13-10-16(11-17(22)19(13)2)26-15-6-7-20(12-15)18(23)14-4-8-21(9-5-14)27(3,24)25/h10-11,14-15H,4-9,12H2,1-3H3. The van der Waals surface area contributed by atoms with E-state index in [0.29, 0.717) is 44.8 Å². The number of ether oxygens (including phenoxy) is 1. The molecule has 150 valence electrons. The second kappa shape index (κ2) is 7.63. The fourth-order valence-electron chi connectivity index (χ4n) is 3.71. The molecule has 27 heavy (non-hydrogen) atoms. The minimum absolute atomic E-state index is 0.0782. The van der Waals surface area contributed by atoms with E-state index in [-0.39, 0.29) is 23.5 Å². The normalized spacial score (nSPS) is 22.2. The summed E-state index contributed by atoms with van der Waals surface area (Å²) in [6, 6.07) is 3.30. The van der Waals surface area contributed by atoms with Gasteiger partial charge in [-0.05, 0) is 25.8 Å². The lowest BCUT2D eigenvalue weighted by molar-refractivity contribution is -0.135. The van der Waals surface area contributed by atoms with Crippen molar-refractivity contribution in [2.75, 3.05) is 32.4 Å². The van der Waals surface area contributed by atoms with Crippen molar-refractivity contribution >= 4 is 15.9 Å². The second-order valence-corrected chi connectivity index (χ2v) is 9.46. The largest absolute Gasteiger partial charge is 0.488 e. The average Bonchev–Trinajstić information content (AvgIpc) is 3.06. The van der Waals surface area contributed by atoms with E-state index < -0.39 is 10.0 Å². The number of pyridine rings is 1. The molecular formula is C18H27N3O5S. The van der Waals surface area contributed by atoms with E-state index in [0.717, 1.165) is 12.1 Å². The topological polar surface area (TPSA) is 88.9 Å². The van der Waals surface area contributed by atoms with E-state index in [9.17, 15) is 18.0 Å². The summed E-state index contributed by atoms with van der Waals surface area (Å²) in [7, 11) is -1.47. The maximum atomic E-state index is 12.8. The van der Waals surface area contributed by atoms with E-state index in [1.165, 1.54) is 16.6 Å². The zero-order valence-electron chi connectivity index (χ0n) is 16.1. The first-order valence-corrected chi connectivity index (χ1v) is 11.1. The molecule has 3 rings (SSSR count). The Morgan fingerprint density at radius 3 is 2.41 bits per heavy atom. The van der Waals surface area contributed by atoms with Gasteiger partial charge < -0.3 is 14.2 Å². The van der Waals surface area contributed by atoms with Gasteiger partial charge in [0, 0.05) is 50.8 Å². The molecule has 1 amide bonds. The van der Waals surface area contributed by atoms with Gasteiger partial charge >= 0.3 is 0 Å². The third-order valence-corrected chi connectivity index (χ3v) is 6.81. The van der Waals surface area contributed by atoms with Crippen LogP contribution in [0.5, 0.6) is 5.75 Å². The van der Waals surface area contributed by atoms with Crippen molar-refractivity contribution in [3.05, 3.63) is 28.2 Å². The fourth-order valence-corrected chi connectivity index (χ4v) is 4.59. The van der Waals surface area contributed by atoms with Crippen LogP contribution in [0, 0.1) is 12.8 Å². The van der Waals surface area contributed by atoms with Crippen molar-refractivity contribution in [2.45, 2.75) is 32.3 Å². The number of likely N-dealkylation sites (tertiary alicyclic amines) is 1. The smallest absolute Gasteiger partial charge is 0.254 e. The highest BCUT2D eigenvalue weighted by atomic mass is 32.2. The summed E-state index contributed by atoms with van der Waals surface area (Å²) in [6.07, 6.45) is 2.92. The molecule has 0 N–H and O–H groups in total. The summed E-state index contributed by atoms with van der Waals surface area (Å²) in [6.45, 7) is 3.77. The highest BCUT2D eigenvalue weighted by Gasteiger charge is 2.35. The molecule has 8 nitrogen and oxygen atoms in total. The summed E-state index contributed by atoms with van der Waals surface area (Å²) >= 11 is 0. The monoisotopic (exact) mass is 397 g/mol. The number of carbonyl (C=O) groups excluding carboxylic acids is 1. The molecule has 0 aromatic carbocycles. The van der Waals surface area contributed by atoms with Crippen LogP contribution >= 0.6 is 0 Å². The molecule has 9 heteroatoms. The van der Waals surface area contributed by atoms with E-state index >= 15 is 0 Å². The van der Waals surface area contributed by atoms with Crippen LogP contribution in [0.4, 0.5) is 0 Å². The van der Waals surface area contributed by atoms with Gasteiger partial charge in [0.15, 0.2) is 0 Å². The van der Waals surface area contributed by atoms with Crippen LogP contribution in [-0.4, -0.2) is 66.6 Å². The highest BCUT2D eigenvalue weighted by Crippen LogP contribution is 2.25. The van der Waals surface area contributed by atoms with Gasteiger partial charge in [-0.25, -0.2) is 12.7 Å². The van der Waals surface area contributed by atoms with Gasteiger partial charge in [-0.1, -0.05) is 0 Å². The van der Waals surface area contributed by atoms with Crippen molar-refractivity contribution in [3.8, 4) is 5.75 Å². The molecular weight excluding hydrogens is 370 g/mol. The fraction of sp³-hybridized carbons (Fsp3) is 0.667. The Hall–Kier alpha value is -1.87. The van der Waals surface area contributed by atoms with Gasteiger partial charge in [-0.15, -0.1) is 0 Å². The first kappa shape index (κ1) is 19.9. The molecule has 1 unspecified atom stereocenters. The number of carbonyl (C=O) groups is 1. The number of aryl methyl sites for hydroxylation is 1. The Morgan fingerprint density at radius 1 is 1.15 bits per heavy atom. The van der Waals surface area contributed by atoms with Crippen LogP contribution in [0.25, 0.3) is 0 Å². The highest BCUT2D eigenvalue weighted by molar-refractivity contribution is 7.88. The van der Waals surface area contributed by atoms with E-state index in [4.69, 9.17) is 4.74 Å². The molecule has 0 bridgehead atoms. The van der Waals surface area contributed by atoms with Crippen LogP contribution in [-0.2, 0) is 21.9 Å². The zero-order valence-corrected chi connectivity index (χ0v) is 16.9. The molecule has 1 aromatic heterocycles. The molecule has 2 aliphatic heterocycles. The maximum absolute atomic E-state index is 12.8. The number of sulfonamides is 1. The molecule has 1 atom stereocenters. The summed E-state index contributed by atoms with van der Waals surface area (Å²) in [4.78, 5) is 26.4. The molecule has 2 saturated heterocycles. The number of hydrogen-bond acceptors (Lipinski definition) is 5. The number of aromatic nitrogens is 1. The van der Waals surface area contributed by atoms with Crippen LogP contribution in [0.3, 0.4) is 0 Å². The maximum Gasteiger partial charge on any atom is 0.254 e.